The molecule has 6 rings (SSSR count). The van der Waals surface area contributed by atoms with E-state index in [0.29, 0.717) is 23.8 Å². The van der Waals surface area contributed by atoms with Crippen LogP contribution >= 0.6 is 0 Å². The Bertz CT molecular complexity index is 1120. The van der Waals surface area contributed by atoms with Crippen molar-refractivity contribution in [3.8, 4) is 0 Å². The van der Waals surface area contributed by atoms with Gasteiger partial charge in [-0.1, -0.05) is 25.8 Å². The molecule has 9 heteroatoms. The number of rotatable bonds is 3. The van der Waals surface area contributed by atoms with Gasteiger partial charge in [-0.3, -0.25) is 4.79 Å². The molecule has 35 heavy (non-hydrogen) atoms. The minimum atomic E-state index is -0.0643. The zero-order valence-electron chi connectivity index (χ0n) is 20.5. The SMILES string of the molecule is C=C1NCC2(CCCCC2)N2c3nc(Nc4ccc(N5CCN(C)CC5)cn4)ncc3C(=O)CC12. The van der Waals surface area contributed by atoms with Crippen LogP contribution in [-0.4, -0.2) is 77.0 Å². The Morgan fingerprint density at radius 1 is 1.09 bits per heavy atom. The first-order valence-corrected chi connectivity index (χ1v) is 12.8. The van der Waals surface area contributed by atoms with Crippen LogP contribution < -0.4 is 20.4 Å². The molecular formula is C26H34N8O. The van der Waals surface area contributed by atoms with Gasteiger partial charge in [0.05, 0.1) is 29.0 Å². The lowest BCUT2D eigenvalue weighted by molar-refractivity contribution is 0.0951. The van der Waals surface area contributed by atoms with Gasteiger partial charge in [0.25, 0.3) is 0 Å². The molecule has 3 aliphatic heterocycles. The van der Waals surface area contributed by atoms with Crippen LogP contribution in [0, 0.1) is 0 Å². The predicted molar refractivity (Wildman–Crippen MR) is 137 cm³/mol. The second-order valence-electron chi connectivity index (χ2n) is 10.4. The zero-order chi connectivity index (χ0) is 24.0. The fourth-order valence-corrected chi connectivity index (χ4v) is 6.11. The molecule has 1 aliphatic carbocycles. The molecule has 9 nitrogen and oxygen atoms in total. The first-order chi connectivity index (χ1) is 17.0. The summed E-state index contributed by atoms with van der Waals surface area (Å²) in [5.41, 5.74) is 2.62. The summed E-state index contributed by atoms with van der Waals surface area (Å²) in [6.07, 6.45) is 9.86. The number of aromatic nitrogens is 3. The van der Waals surface area contributed by atoms with Gasteiger partial charge in [-0.2, -0.15) is 4.98 Å². The first-order valence-electron chi connectivity index (χ1n) is 12.8. The summed E-state index contributed by atoms with van der Waals surface area (Å²) in [7, 11) is 2.16. The Kier molecular flexibility index (Phi) is 5.59. The van der Waals surface area contributed by atoms with Gasteiger partial charge in [0.1, 0.15) is 11.6 Å². The second-order valence-corrected chi connectivity index (χ2v) is 10.4. The van der Waals surface area contributed by atoms with E-state index in [4.69, 9.17) is 4.98 Å². The van der Waals surface area contributed by atoms with Crippen molar-refractivity contribution < 1.29 is 4.79 Å². The number of Topliss-reactive ketones (excluding diaryl/α,β-unsaturated/α-hetero) is 1. The van der Waals surface area contributed by atoms with Crippen LogP contribution in [-0.2, 0) is 0 Å². The number of likely N-dealkylation sites (N-methyl/N-ethyl adjacent to an activating group) is 1. The molecule has 2 N–H and O–H groups in total. The van der Waals surface area contributed by atoms with Crippen LogP contribution in [0.1, 0.15) is 48.9 Å². The van der Waals surface area contributed by atoms with Crippen molar-refractivity contribution in [2.24, 2.45) is 0 Å². The standard InChI is InChI=1S/C26H34N8O/c1-18-21-14-22(35)20-16-28-25(31-24(20)34(21)26(17-29-18)8-4-3-5-9-26)30-23-7-6-19(15-27-23)33-12-10-32(2)11-13-33/h6-7,15-16,21,29H,1,3-5,8-14,17H2,2H3,(H,27,28,30,31). The van der Waals surface area contributed by atoms with Crippen LogP contribution in [0.2, 0.25) is 0 Å². The van der Waals surface area contributed by atoms with E-state index >= 15 is 0 Å². The van der Waals surface area contributed by atoms with E-state index in [1.807, 2.05) is 12.3 Å². The maximum Gasteiger partial charge on any atom is 0.230 e. The molecule has 2 saturated heterocycles. The average Bonchev–Trinajstić information content (AvgIpc) is 2.88. The number of nitrogens with zero attached hydrogens (tertiary/aromatic N) is 6. The van der Waals surface area contributed by atoms with E-state index in [9.17, 15) is 4.79 Å². The number of pyridine rings is 1. The fraction of sp³-hybridized carbons (Fsp3) is 0.538. The van der Waals surface area contributed by atoms with Crippen LogP contribution in [0.25, 0.3) is 0 Å². The molecule has 1 atom stereocenters. The molecule has 5 heterocycles. The quantitative estimate of drug-likeness (QED) is 0.697. The molecular weight excluding hydrogens is 440 g/mol. The van der Waals surface area contributed by atoms with E-state index in [1.165, 1.54) is 19.3 Å². The summed E-state index contributed by atoms with van der Waals surface area (Å²) in [5.74, 6) is 1.98. The van der Waals surface area contributed by atoms with Gasteiger partial charge < -0.3 is 25.3 Å². The number of hydrogen-bond donors (Lipinski definition) is 2. The summed E-state index contributed by atoms with van der Waals surface area (Å²) < 4.78 is 0. The number of hydrogen-bond acceptors (Lipinski definition) is 9. The molecule has 0 amide bonds. The third kappa shape index (κ3) is 4.01. The highest BCUT2D eigenvalue weighted by Gasteiger charge is 2.50. The molecule has 184 valence electrons. The van der Waals surface area contributed by atoms with Crippen molar-refractivity contribution in [2.45, 2.75) is 50.1 Å². The monoisotopic (exact) mass is 474 g/mol. The number of carbonyl (C=O) groups excluding carboxylic acids is 1. The Morgan fingerprint density at radius 2 is 1.89 bits per heavy atom. The normalized spacial score (nSPS) is 24.1. The molecule has 1 spiro atoms. The zero-order valence-corrected chi connectivity index (χ0v) is 20.5. The second kappa shape index (κ2) is 8.78. The van der Waals surface area contributed by atoms with Crippen molar-refractivity contribution >= 4 is 29.1 Å². The maximum atomic E-state index is 13.0. The minimum Gasteiger partial charge on any atom is -0.385 e. The largest absolute Gasteiger partial charge is 0.385 e. The number of piperazine rings is 2. The number of fused-ring (bicyclic) bond motifs is 4. The van der Waals surface area contributed by atoms with Gasteiger partial charge in [-0.25, -0.2) is 9.97 Å². The van der Waals surface area contributed by atoms with Gasteiger partial charge in [0, 0.05) is 51.0 Å². The summed E-state index contributed by atoms with van der Waals surface area (Å²) in [6.45, 7) is 9.22. The highest BCUT2D eigenvalue weighted by Crippen LogP contribution is 2.45. The molecule has 1 unspecified atom stereocenters. The summed E-state index contributed by atoms with van der Waals surface area (Å²) >= 11 is 0. The van der Waals surface area contributed by atoms with E-state index in [1.54, 1.807) is 6.20 Å². The molecule has 2 aromatic rings. The van der Waals surface area contributed by atoms with Crippen LogP contribution in [0.15, 0.2) is 36.8 Å². The molecule has 2 aromatic heterocycles. The molecule has 4 aliphatic rings. The van der Waals surface area contributed by atoms with Gasteiger partial charge in [-0.15, -0.1) is 0 Å². The molecule has 0 aromatic carbocycles. The van der Waals surface area contributed by atoms with E-state index < -0.39 is 0 Å². The Hall–Kier alpha value is -3.20. The molecule has 1 saturated carbocycles. The van der Waals surface area contributed by atoms with Crippen LogP contribution in [0.3, 0.4) is 0 Å². The number of carbonyl (C=O) groups is 1. The number of anilines is 4. The Labute approximate surface area is 206 Å². The Balaban J connectivity index is 1.28. The van der Waals surface area contributed by atoms with E-state index in [2.05, 4.69) is 55.0 Å². The fourth-order valence-electron chi connectivity index (χ4n) is 6.11. The van der Waals surface area contributed by atoms with E-state index in [0.717, 1.165) is 62.8 Å². The lowest BCUT2D eigenvalue weighted by atomic mass is 9.75. The summed E-state index contributed by atoms with van der Waals surface area (Å²) in [5, 5.41) is 6.79. The topological polar surface area (TPSA) is 89.5 Å². The van der Waals surface area contributed by atoms with Gasteiger partial charge in [-0.05, 0) is 32.0 Å². The minimum absolute atomic E-state index is 0.0341. The van der Waals surface area contributed by atoms with Gasteiger partial charge >= 0.3 is 0 Å². The summed E-state index contributed by atoms with van der Waals surface area (Å²) in [6, 6.07) is 4.00. The van der Waals surface area contributed by atoms with Gasteiger partial charge in [0.2, 0.25) is 5.95 Å². The maximum absolute atomic E-state index is 13.0. The Morgan fingerprint density at radius 3 is 2.63 bits per heavy atom. The molecule has 0 radical (unpaired) electrons. The van der Waals surface area contributed by atoms with Crippen molar-refractivity contribution in [2.75, 3.05) is 54.9 Å². The number of nitrogens with one attached hydrogen (secondary N) is 2. The van der Waals surface area contributed by atoms with Crippen molar-refractivity contribution in [1.82, 2.24) is 25.2 Å². The molecule has 3 fully saturated rings. The highest BCUT2D eigenvalue weighted by molar-refractivity contribution is 6.03. The van der Waals surface area contributed by atoms with E-state index in [-0.39, 0.29) is 17.4 Å². The van der Waals surface area contributed by atoms with Crippen molar-refractivity contribution in [3.63, 3.8) is 0 Å². The van der Waals surface area contributed by atoms with Gasteiger partial charge in [0.15, 0.2) is 5.78 Å². The smallest absolute Gasteiger partial charge is 0.230 e. The van der Waals surface area contributed by atoms with Crippen molar-refractivity contribution in [1.29, 1.82) is 0 Å². The van der Waals surface area contributed by atoms with Crippen LogP contribution in [0.5, 0.6) is 0 Å². The van der Waals surface area contributed by atoms with Crippen LogP contribution in [0.4, 0.5) is 23.3 Å². The lowest BCUT2D eigenvalue weighted by Crippen LogP contribution is -2.67. The number of ketones is 1. The molecule has 0 bridgehead atoms. The van der Waals surface area contributed by atoms with Crippen molar-refractivity contribution in [3.05, 3.63) is 42.4 Å². The lowest BCUT2D eigenvalue weighted by Gasteiger charge is -2.56. The first kappa shape index (κ1) is 22.3. The third-order valence-electron chi connectivity index (χ3n) is 8.19. The third-order valence-corrected chi connectivity index (χ3v) is 8.19. The highest BCUT2D eigenvalue weighted by atomic mass is 16.1. The predicted octanol–water partition coefficient (Wildman–Crippen LogP) is 2.95. The summed E-state index contributed by atoms with van der Waals surface area (Å²) in [4.78, 5) is 34.1. The average molecular weight is 475 g/mol.